The number of hydrogen-bond donors (Lipinski definition) is 1. The van der Waals surface area contributed by atoms with Gasteiger partial charge in [0.2, 0.25) is 5.91 Å². The number of aryl methyl sites for hydroxylation is 1. The fraction of sp³-hybridized carbons (Fsp3) is 0.238. The van der Waals surface area contributed by atoms with Crippen LogP contribution in [0, 0.1) is 6.92 Å². The van der Waals surface area contributed by atoms with Crippen molar-refractivity contribution in [1.29, 1.82) is 0 Å². The highest BCUT2D eigenvalue weighted by atomic mass is 19.4. The van der Waals surface area contributed by atoms with E-state index in [2.05, 4.69) is 15.5 Å². The molecule has 0 atom stereocenters. The molecule has 2 amide bonds. The molecule has 0 unspecified atom stereocenters. The molecule has 0 bridgehead atoms. The molecule has 31 heavy (non-hydrogen) atoms. The Hall–Kier alpha value is -3.69. The van der Waals surface area contributed by atoms with Gasteiger partial charge in [0.1, 0.15) is 6.54 Å². The van der Waals surface area contributed by atoms with Crippen molar-refractivity contribution < 1.29 is 22.8 Å². The summed E-state index contributed by atoms with van der Waals surface area (Å²) < 4.78 is 39.4. The SMILES string of the molecule is CCN(CC(=O)Nc1ccccc1C(F)(F)F)C(=O)c1nn(-c2ccccc2)nc1C. The number of carbonyl (C=O) groups excluding carboxylic acids is 2. The lowest BCUT2D eigenvalue weighted by Gasteiger charge is -2.20. The van der Waals surface area contributed by atoms with Crippen LogP contribution in [0.4, 0.5) is 18.9 Å². The lowest BCUT2D eigenvalue weighted by Crippen LogP contribution is -2.38. The quantitative estimate of drug-likeness (QED) is 0.646. The van der Waals surface area contributed by atoms with Gasteiger partial charge in [-0.15, -0.1) is 5.10 Å². The number of benzene rings is 2. The predicted molar refractivity (Wildman–Crippen MR) is 108 cm³/mol. The lowest BCUT2D eigenvalue weighted by atomic mass is 10.1. The Bertz CT molecular complexity index is 1080. The Morgan fingerprint density at radius 1 is 1.03 bits per heavy atom. The average molecular weight is 431 g/mol. The topological polar surface area (TPSA) is 80.1 Å². The Morgan fingerprint density at radius 2 is 1.68 bits per heavy atom. The number of anilines is 1. The van der Waals surface area contributed by atoms with Crippen molar-refractivity contribution in [3.63, 3.8) is 0 Å². The van der Waals surface area contributed by atoms with E-state index in [1.54, 1.807) is 38.1 Å². The van der Waals surface area contributed by atoms with Gasteiger partial charge in [0, 0.05) is 6.54 Å². The molecule has 1 aromatic heterocycles. The van der Waals surface area contributed by atoms with Crippen LogP contribution >= 0.6 is 0 Å². The first-order valence-electron chi connectivity index (χ1n) is 9.45. The minimum Gasteiger partial charge on any atom is -0.328 e. The van der Waals surface area contributed by atoms with Crippen molar-refractivity contribution in [2.75, 3.05) is 18.4 Å². The number of alkyl halides is 3. The zero-order valence-corrected chi connectivity index (χ0v) is 16.8. The number of amides is 2. The van der Waals surface area contributed by atoms with E-state index in [9.17, 15) is 22.8 Å². The van der Waals surface area contributed by atoms with Gasteiger partial charge in [-0.3, -0.25) is 9.59 Å². The number of carbonyl (C=O) groups is 2. The molecular formula is C21H20F3N5O2. The maximum absolute atomic E-state index is 13.1. The molecule has 3 aromatic rings. The molecule has 0 fully saturated rings. The zero-order chi connectivity index (χ0) is 22.6. The third kappa shape index (κ3) is 5.08. The van der Waals surface area contributed by atoms with Crippen LogP contribution in [0.5, 0.6) is 0 Å². The molecule has 2 aromatic carbocycles. The molecule has 1 N–H and O–H groups in total. The highest BCUT2D eigenvalue weighted by molar-refractivity contribution is 5.99. The standard InChI is InChI=1S/C21H20F3N5O2/c1-3-28(13-18(30)25-17-12-8-7-11-16(17)21(22,23)24)20(31)19-14(2)26-29(27-19)15-9-5-4-6-10-15/h4-12H,3,13H2,1-2H3,(H,25,30). The first-order valence-corrected chi connectivity index (χ1v) is 9.45. The predicted octanol–water partition coefficient (Wildman–Crippen LogP) is 3.70. The van der Waals surface area contributed by atoms with Gasteiger partial charge >= 0.3 is 6.18 Å². The van der Waals surface area contributed by atoms with Gasteiger partial charge in [0.25, 0.3) is 5.91 Å². The molecule has 10 heteroatoms. The molecule has 0 radical (unpaired) electrons. The van der Waals surface area contributed by atoms with Gasteiger partial charge in [-0.2, -0.15) is 23.1 Å². The number of halogens is 3. The van der Waals surface area contributed by atoms with Crippen molar-refractivity contribution >= 4 is 17.5 Å². The summed E-state index contributed by atoms with van der Waals surface area (Å²) in [6.45, 7) is 3.00. The Morgan fingerprint density at radius 3 is 2.32 bits per heavy atom. The molecule has 3 rings (SSSR count). The molecule has 0 spiro atoms. The number of aromatic nitrogens is 3. The van der Waals surface area contributed by atoms with E-state index in [0.29, 0.717) is 11.4 Å². The summed E-state index contributed by atoms with van der Waals surface area (Å²) in [7, 11) is 0. The largest absolute Gasteiger partial charge is 0.418 e. The fourth-order valence-corrected chi connectivity index (χ4v) is 2.93. The van der Waals surface area contributed by atoms with E-state index in [0.717, 1.165) is 12.1 Å². The summed E-state index contributed by atoms with van der Waals surface area (Å²) in [6.07, 6.45) is -4.61. The third-order valence-electron chi connectivity index (χ3n) is 4.48. The normalized spacial score (nSPS) is 11.3. The van der Waals surface area contributed by atoms with Gasteiger partial charge in [-0.25, -0.2) is 0 Å². The third-order valence-corrected chi connectivity index (χ3v) is 4.48. The molecule has 7 nitrogen and oxygen atoms in total. The van der Waals surface area contributed by atoms with Crippen LogP contribution in [-0.4, -0.2) is 44.8 Å². The molecule has 162 valence electrons. The van der Waals surface area contributed by atoms with Gasteiger partial charge in [0.05, 0.1) is 22.6 Å². The molecule has 0 aliphatic rings. The van der Waals surface area contributed by atoms with Crippen molar-refractivity contribution in [3.05, 3.63) is 71.5 Å². The van der Waals surface area contributed by atoms with E-state index in [1.807, 2.05) is 6.07 Å². The molecular weight excluding hydrogens is 411 g/mol. The molecule has 0 aliphatic heterocycles. The van der Waals surface area contributed by atoms with Gasteiger partial charge in [-0.1, -0.05) is 30.3 Å². The highest BCUT2D eigenvalue weighted by Crippen LogP contribution is 2.34. The number of nitrogens with zero attached hydrogens (tertiary/aromatic N) is 4. The fourth-order valence-electron chi connectivity index (χ4n) is 2.93. The van der Waals surface area contributed by atoms with Crippen LogP contribution in [0.2, 0.25) is 0 Å². The van der Waals surface area contributed by atoms with Crippen LogP contribution in [-0.2, 0) is 11.0 Å². The maximum Gasteiger partial charge on any atom is 0.418 e. The number of para-hydroxylation sites is 2. The molecule has 0 aliphatic carbocycles. The summed E-state index contributed by atoms with van der Waals surface area (Å²) in [4.78, 5) is 27.8. The number of nitrogens with one attached hydrogen (secondary N) is 1. The van der Waals surface area contributed by atoms with E-state index in [1.165, 1.54) is 21.8 Å². The first-order chi connectivity index (χ1) is 14.7. The average Bonchev–Trinajstić information content (AvgIpc) is 3.13. The van der Waals surface area contributed by atoms with E-state index >= 15 is 0 Å². The van der Waals surface area contributed by atoms with Crippen molar-refractivity contribution in [2.45, 2.75) is 20.0 Å². The minimum absolute atomic E-state index is 0.0641. The summed E-state index contributed by atoms with van der Waals surface area (Å²) in [5, 5.41) is 10.7. The molecule has 1 heterocycles. The first kappa shape index (κ1) is 22.0. The summed E-state index contributed by atoms with van der Waals surface area (Å²) in [5.74, 6) is -1.29. The number of rotatable bonds is 6. The van der Waals surface area contributed by atoms with Crippen molar-refractivity contribution in [3.8, 4) is 5.69 Å². The minimum atomic E-state index is -4.61. The monoisotopic (exact) mass is 431 g/mol. The van der Waals surface area contributed by atoms with Crippen LogP contribution in [0.1, 0.15) is 28.7 Å². The summed E-state index contributed by atoms with van der Waals surface area (Å²) in [5.41, 5.74) is -0.229. The zero-order valence-electron chi connectivity index (χ0n) is 16.8. The lowest BCUT2D eigenvalue weighted by molar-refractivity contribution is -0.137. The highest BCUT2D eigenvalue weighted by Gasteiger charge is 2.33. The van der Waals surface area contributed by atoms with Crippen LogP contribution in [0.25, 0.3) is 5.69 Å². The van der Waals surface area contributed by atoms with Crippen LogP contribution in [0.15, 0.2) is 54.6 Å². The van der Waals surface area contributed by atoms with Crippen molar-refractivity contribution in [1.82, 2.24) is 19.9 Å². The van der Waals surface area contributed by atoms with Crippen molar-refractivity contribution in [2.24, 2.45) is 0 Å². The summed E-state index contributed by atoms with van der Waals surface area (Å²) in [6, 6.07) is 13.7. The second-order valence-electron chi connectivity index (χ2n) is 6.67. The Labute approximate surface area is 176 Å². The Balaban J connectivity index is 1.76. The molecule has 0 saturated heterocycles. The Kier molecular flexibility index (Phi) is 6.38. The number of hydrogen-bond acceptors (Lipinski definition) is 4. The summed E-state index contributed by atoms with van der Waals surface area (Å²) >= 11 is 0. The van der Waals surface area contributed by atoms with Crippen LogP contribution in [0.3, 0.4) is 0 Å². The maximum atomic E-state index is 13.1. The number of likely N-dealkylation sites (N-methyl/N-ethyl adjacent to an activating group) is 1. The molecule has 0 saturated carbocycles. The van der Waals surface area contributed by atoms with Gasteiger partial charge in [-0.05, 0) is 38.1 Å². The van der Waals surface area contributed by atoms with Crippen LogP contribution < -0.4 is 5.32 Å². The van der Waals surface area contributed by atoms with E-state index in [4.69, 9.17) is 0 Å². The van der Waals surface area contributed by atoms with Gasteiger partial charge < -0.3 is 10.2 Å². The van der Waals surface area contributed by atoms with Gasteiger partial charge in [0.15, 0.2) is 5.69 Å². The smallest absolute Gasteiger partial charge is 0.328 e. The second-order valence-corrected chi connectivity index (χ2v) is 6.67. The second kappa shape index (κ2) is 8.99. The van der Waals surface area contributed by atoms with E-state index < -0.39 is 30.1 Å². The van der Waals surface area contributed by atoms with E-state index in [-0.39, 0.29) is 17.9 Å².